The maximum atomic E-state index is 13.0. The van der Waals surface area contributed by atoms with E-state index in [9.17, 15) is 14.0 Å². The van der Waals surface area contributed by atoms with Crippen molar-refractivity contribution in [1.82, 2.24) is 4.90 Å². The summed E-state index contributed by atoms with van der Waals surface area (Å²) in [5, 5.41) is 8.20. The number of carbonyl (C=O) groups is 2. The van der Waals surface area contributed by atoms with E-state index in [0.29, 0.717) is 0 Å². The first kappa shape index (κ1) is 12.4. The fourth-order valence-corrected chi connectivity index (χ4v) is 1.36. The first-order valence-corrected chi connectivity index (χ1v) is 4.72. The second kappa shape index (κ2) is 4.94. The number of benzene rings is 1. The largest absolute Gasteiger partial charge is 0.480 e. The zero-order chi connectivity index (χ0) is 12.3. The highest BCUT2D eigenvalue weighted by atomic mass is 35.5. The topological polar surface area (TPSA) is 57.6 Å². The summed E-state index contributed by atoms with van der Waals surface area (Å²) in [7, 11) is 1.30. The number of halogens is 2. The fraction of sp³-hybridized carbons (Fsp3) is 0.200. The first-order chi connectivity index (χ1) is 7.43. The molecule has 1 rings (SSSR count). The molecular weight excluding hydrogens is 237 g/mol. The monoisotopic (exact) mass is 245 g/mol. The lowest BCUT2D eigenvalue weighted by Crippen LogP contribution is -2.32. The Labute approximate surface area is 96.2 Å². The van der Waals surface area contributed by atoms with Gasteiger partial charge in [0.15, 0.2) is 0 Å². The number of carboxylic acid groups (broad SMARTS) is 1. The highest BCUT2D eigenvalue weighted by Crippen LogP contribution is 2.20. The second-order valence-corrected chi connectivity index (χ2v) is 3.53. The quantitative estimate of drug-likeness (QED) is 0.881. The zero-order valence-electron chi connectivity index (χ0n) is 8.41. The molecule has 4 nitrogen and oxygen atoms in total. The third-order valence-electron chi connectivity index (χ3n) is 1.90. The molecule has 0 aliphatic heterocycles. The van der Waals surface area contributed by atoms with Crippen LogP contribution in [0.5, 0.6) is 0 Å². The predicted molar refractivity (Wildman–Crippen MR) is 56.0 cm³/mol. The average Bonchev–Trinajstić information content (AvgIpc) is 2.20. The van der Waals surface area contributed by atoms with Crippen LogP contribution in [0.1, 0.15) is 10.4 Å². The van der Waals surface area contributed by atoms with Crippen LogP contribution in [-0.2, 0) is 4.79 Å². The van der Waals surface area contributed by atoms with Gasteiger partial charge in [-0.3, -0.25) is 9.59 Å². The molecule has 0 saturated carbocycles. The molecule has 0 aliphatic rings. The smallest absolute Gasteiger partial charge is 0.323 e. The molecule has 0 unspecified atom stereocenters. The lowest BCUT2D eigenvalue weighted by molar-refractivity contribution is -0.137. The van der Waals surface area contributed by atoms with Gasteiger partial charge in [-0.2, -0.15) is 0 Å². The fourth-order valence-electron chi connectivity index (χ4n) is 1.15. The molecule has 86 valence electrons. The minimum absolute atomic E-state index is 0.0505. The molecule has 16 heavy (non-hydrogen) atoms. The van der Waals surface area contributed by atoms with Crippen molar-refractivity contribution < 1.29 is 19.1 Å². The minimum Gasteiger partial charge on any atom is -0.480 e. The predicted octanol–water partition coefficient (Wildman–Crippen LogP) is 1.64. The van der Waals surface area contributed by atoms with Crippen molar-refractivity contribution in [3.05, 3.63) is 34.6 Å². The molecule has 0 radical (unpaired) electrons. The van der Waals surface area contributed by atoms with Crippen LogP contribution in [0.15, 0.2) is 18.2 Å². The second-order valence-electron chi connectivity index (χ2n) is 3.16. The van der Waals surface area contributed by atoms with E-state index in [1.165, 1.54) is 19.2 Å². The van der Waals surface area contributed by atoms with Gasteiger partial charge in [0, 0.05) is 7.05 Å². The summed E-state index contributed by atoms with van der Waals surface area (Å²) in [5.74, 6) is -2.49. The number of aliphatic carboxylic acids is 1. The van der Waals surface area contributed by atoms with Gasteiger partial charge in [-0.05, 0) is 12.1 Å². The highest BCUT2D eigenvalue weighted by molar-refractivity contribution is 6.34. The van der Waals surface area contributed by atoms with Crippen LogP contribution in [0, 0.1) is 5.82 Å². The normalized spacial score (nSPS) is 9.94. The summed E-state index contributed by atoms with van der Waals surface area (Å²) in [5.41, 5.74) is -0.0505. The molecule has 0 spiro atoms. The Balaban J connectivity index is 2.96. The van der Waals surface area contributed by atoms with Gasteiger partial charge in [0.2, 0.25) is 0 Å². The highest BCUT2D eigenvalue weighted by Gasteiger charge is 2.18. The number of carbonyl (C=O) groups excluding carboxylic acids is 1. The van der Waals surface area contributed by atoms with E-state index in [1.54, 1.807) is 0 Å². The lowest BCUT2D eigenvalue weighted by Gasteiger charge is -2.15. The van der Waals surface area contributed by atoms with Crippen molar-refractivity contribution in [1.29, 1.82) is 0 Å². The lowest BCUT2D eigenvalue weighted by atomic mass is 10.2. The molecular formula is C10H9ClFNO3. The van der Waals surface area contributed by atoms with Crippen LogP contribution in [0.3, 0.4) is 0 Å². The van der Waals surface area contributed by atoms with Gasteiger partial charge < -0.3 is 10.0 Å². The molecule has 0 heterocycles. The van der Waals surface area contributed by atoms with Crippen LogP contribution in [0.25, 0.3) is 0 Å². The van der Waals surface area contributed by atoms with E-state index in [0.717, 1.165) is 11.0 Å². The Morgan fingerprint density at radius 3 is 2.69 bits per heavy atom. The van der Waals surface area contributed by atoms with Gasteiger partial charge in [0.25, 0.3) is 5.91 Å². The number of likely N-dealkylation sites (N-methyl/N-ethyl adjacent to an activating group) is 1. The third-order valence-corrected chi connectivity index (χ3v) is 2.29. The van der Waals surface area contributed by atoms with E-state index in [2.05, 4.69) is 0 Å². The molecule has 1 amide bonds. The summed E-state index contributed by atoms with van der Waals surface area (Å²) in [4.78, 5) is 23.0. The number of hydrogen-bond donors (Lipinski definition) is 1. The summed E-state index contributed by atoms with van der Waals surface area (Å²) in [6, 6.07) is 3.80. The van der Waals surface area contributed by atoms with Gasteiger partial charge in [0.1, 0.15) is 12.4 Å². The molecule has 0 aliphatic carbocycles. The van der Waals surface area contributed by atoms with E-state index >= 15 is 0 Å². The van der Waals surface area contributed by atoms with Gasteiger partial charge in [-0.25, -0.2) is 4.39 Å². The van der Waals surface area contributed by atoms with Crippen molar-refractivity contribution in [2.45, 2.75) is 0 Å². The Morgan fingerprint density at radius 1 is 1.50 bits per heavy atom. The standard InChI is InChI=1S/C10H9ClFNO3/c1-13(5-8(14)15)10(16)6-3-2-4-7(12)9(6)11/h2-4H,5H2,1H3,(H,14,15). The van der Waals surface area contributed by atoms with Crippen LogP contribution in [0.4, 0.5) is 4.39 Å². The average molecular weight is 246 g/mol. The molecule has 1 aromatic carbocycles. The maximum absolute atomic E-state index is 13.0. The molecule has 0 atom stereocenters. The van der Waals surface area contributed by atoms with Gasteiger partial charge in [-0.15, -0.1) is 0 Å². The van der Waals surface area contributed by atoms with Crippen LogP contribution in [0.2, 0.25) is 5.02 Å². The number of amides is 1. The van der Waals surface area contributed by atoms with E-state index in [-0.39, 0.29) is 10.6 Å². The van der Waals surface area contributed by atoms with Crippen molar-refractivity contribution >= 4 is 23.5 Å². The Morgan fingerprint density at radius 2 is 2.12 bits per heavy atom. The van der Waals surface area contributed by atoms with E-state index < -0.39 is 24.2 Å². The zero-order valence-corrected chi connectivity index (χ0v) is 9.16. The molecule has 0 bridgehead atoms. The molecule has 0 fully saturated rings. The SMILES string of the molecule is CN(CC(=O)O)C(=O)c1cccc(F)c1Cl. The van der Waals surface area contributed by atoms with Gasteiger partial charge in [0.05, 0.1) is 10.6 Å². The van der Waals surface area contributed by atoms with Crippen LogP contribution < -0.4 is 0 Å². The van der Waals surface area contributed by atoms with Gasteiger partial charge in [-0.1, -0.05) is 17.7 Å². The van der Waals surface area contributed by atoms with Crippen molar-refractivity contribution in [3.8, 4) is 0 Å². The molecule has 1 aromatic rings. The summed E-state index contributed by atoms with van der Waals surface area (Å²) in [6.45, 7) is -0.467. The van der Waals surface area contributed by atoms with Crippen molar-refractivity contribution in [3.63, 3.8) is 0 Å². The molecule has 1 N–H and O–H groups in total. The van der Waals surface area contributed by atoms with Gasteiger partial charge >= 0.3 is 5.97 Å². The number of hydrogen-bond acceptors (Lipinski definition) is 2. The minimum atomic E-state index is -1.15. The number of rotatable bonds is 3. The van der Waals surface area contributed by atoms with Crippen molar-refractivity contribution in [2.24, 2.45) is 0 Å². The number of carboxylic acids is 1. The summed E-state index contributed by atoms with van der Waals surface area (Å²) < 4.78 is 13.0. The maximum Gasteiger partial charge on any atom is 0.323 e. The van der Waals surface area contributed by atoms with Crippen molar-refractivity contribution in [2.75, 3.05) is 13.6 Å². The summed E-state index contributed by atoms with van der Waals surface area (Å²) >= 11 is 5.60. The Bertz CT molecular complexity index is 436. The van der Waals surface area contributed by atoms with E-state index in [1.807, 2.05) is 0 Å². The van der Waals surface area contributed by atoms with E-state index in [4.69, 9.17) is 16.7 Å². The van der Waals surface area contributed by atoms with Crippen LogP contribution in [-0.4, -0.2) is 35.5 Å². The molecule has 0 aromatic heterocycles. The first-order valence-electron chi connectivity index (χ1n) is 4.34. The third kappa shape index (κ3) is 2.70. The Hall–Kier alpha value is -1.62. The number of nitrogens with zero attached hydrogens (tertiary/aromatic N) is 1. The Kier molecular flexibility index (Phi) is 3.84. The summed E-state index contributed by atoms with van der Waals surface area (Å²) in [6.07, 6.45) is 0. The van der Waals surface area contributed by atoms with Crippen LogP contribution >= 0.6 is 11.6 Å². The molecule has 6 heteroatoms. The molecule has 0 saturated heterocycles.